The maximum Gasteiger partial charge on any atom is 0.124 e. The summed E-state index contributed by atoms with van der Waals surface area (Å²) in [6, 6.07) is 8.24. The first-order valence-electron chi connectivity index (χ1n) is 6.03. The summed E-state index contributed by atoms with van der Waals surface area (Å²) < 4.78 is 5.62. The minimum atomic E-state index is 0.109. The van der Waals surface area contributed by atoms with Crippen molar-refractivity contribution >= 4 is 0 Å². The number of hydrogen-bond donors (Lipinski definition) is 1. The van der Waals surface area contributed by atoms with Crippen molar-refractivity contribution < 1.29 is 4.74 Å². The monoisotopic (exact) mass is 219 g/mol. The Balaban J connectivity index is 2.19. The van der Waals surface area contributed by atoms with Crippen LogP contribution in [0.4, 0.5) is 0 Å². The fourth-order valence-corrected chi connectivity index (χ4v) is 2.38. The molecule has 2 N–H and O–H groups in total. The average Bonchev–Trinajstić information content (AvgIpc) is 2.88. The van der Waals surface area contributed by atoms with Crippen molar-refractivity contribution in [1.82, 2.24) is 0 Å². The molecule has 2 heteroatoms. The number of nitrogens with two attached hydrogens (primary N) is 1. The molecule has 0 aliphatic heterocycles. The molecule has 0 spiro atoms. The average molecular weight is 219 g/mol. The van der Waals surface area contributed by atoms with Gasteiger partial charge in [-0.15, -0.1) is 0 Å². The molecule has 0 heterocycles. The van der Waals surface area contributed by atoms with E-state index >= 15 is 0 Å². The van der Waals surface area contributed by atoms with Gasteiger partial charge in [-0.3, -0.25) is 0 Å². The summed E-state index contributed by atoms with van der Waals surface area (Å²) in [6.45, 7) is 7.25. The van der Waals surface area contributed by atoms with E-state index in [-0.39, 0.29) is 6.04 Å². The second-order valence-electron chi connectivity index (χ2n) is 5.30. The summed E-state index contributed by atoms with van der Waals surface area (Å²) in [5.74, 6) is 1.54. The van der Waals surface area contributed by atoms with Gasteiger partial charge in [-0.25, -0.2) is 0 Å². The van der Waals surface area contributed by atoms with Crippen molar-refractivity contribution in [2.24, 2.45) is 17.1 Å². The largest absolute Gasteiger partial charge is 0.494 e. The van der Waals surface area contributed by atoms with E-state index in [0.29, 0.717) is 17.9 Å². The quantitative estimate of drug-likeness (QED) is 0.844. The second-order valence-corrected chi connectivity index (χ2v) is 5.30. The molecule has 2 rings (SSSR count). The van der Waals surface area contributed by atoms with Crippen LogP contribution in [-0.2, 0) is 0 Å². The minimum absolute atomic E-state index is 0.109. The third-order valence-electron chi connectivity index (χ3n) is 3.60. The molecule has 1 fully saturated rings. The molecule has 88 valence electrons. The normalized spacial score (nSPS) is 23.9. The van der Waals surface area contributed by atoms with E-state index in [1.807, 2.05) is 25.1 Å². The van der Waals surface area contributed by atoms with Crippen LogP contribution in [-0.4, -0.2) is 6.61 Å². The molecule has 1 aliphatic carbocycles. The van der Waals surface area contributed by atoms with Crippen LogP contribution in [0.1, 0.15) is 38.8 Å². The zero-order chi connectivity index (χ0) is 11.8. The van der Waals surface area contributed by atoms with Gasteiger partial charge in [0, 0.05) is 11.6 Å². The lowest BCUT2D eigenvalue weighted by Gasteiger charge is -2.17. The lowest BCUT2D eigenvalue weighted by molar-refractivity contribution is 0.331. The Morgan fingerprint density at radius 2 is 2.06 bits per heavy atom. The Bertz CT molecular complexity index is 373. The third-order valence-corrected chi connectivity index (χ3v) is 3.60. The first-order valence-corrected chi connectivity index (χ1v) is 6.03. The van der Waals surface area contributed by atoms with Gasteiger partial charge in [0.25, 0.3) is 0 Å². The zero-order valence-corrected chi connectivity index (χ0v) is 10.4. The fraction of sp³-hybridized carbons (Fsp3) is 0.571. The number of benzene rings is 1. The van der Waals surface area contributed by atoms with E-state index in [1.54, 1.807) is 0 Å². The highest BCUT2D eigenvalue weighted by molar-refractivity contribution is 5.37. The predicted molar refractivity (Wildman–Crippen MR) is 66.4 cm³/mol. The van der Waals surface area contributed by atoms with E-state index in [2.05, 4.69) is 19.9 Å². The zero-order valence-electron chi connectivity index (χ0n) is 10.4. The topological polar surface area (TPSA) is 35.2 Å². The van der Waals surface area contributed by atoms with E-state index in [9.17, 15) is 0 Å². The number of para-hydroxylation sites is 1. The van der Waals surface area contributed by atoms with Crippen molar-refractivity contribution in [1.29, 1.82) is 0 Å². The van der Waals surface area contributed by atoms with Crippen molar-refractivity contribution in [3.05, 3.63) is 29.8 Å². The van der Waals surface area contributed by atoms with Gasteiger partial charge < -0.3 is 10.5 Å². The SMILES string of the molecule is CCOc1ccccc1C(N)C1CC1(C)C. The molecule has 0 bridgehead atoms. The summed E-state index contributed by atoms with van der Waals surface area (Å²) in [7, 11) is 0. The van der Waals surface area contributed by atoms with Crippen LogP contribution in [0.5, 0.6) is 5.75 Å². The van der Waals surface area contributed by atoms with Crippen LogP contribution in [0.2, 0.25) is 0 Å². The molecule has 2 atom stereocenters. The predicted octanol–water partition coefficient (Wildman–Crippen LogP) is 3.13. The molecule has 2 unspecified atom stereocenters. The third kappa shape index (κ3) is 2.07. The lowest BCUT2D eigenvalue weighted by atomic mass is 9.97. The van der Waals surface area contributed by atoms with Gasteiger partial charge in [0.2, 0.25) is 0 Å². The molecular formula is C14H21NO. The van der Waals surface area contributed by atoms with Crippen molar-refractivity contribution in [3.63, 3.8) is 0 Å². The molecule has 1 aliphatic rings. The molecule has 1 aromatic carbocycles. The maximum atomic E-state index is 6.33. The number of ether oxygens (including phenoxy) is 1. The molecule has 0 saturated heterocycles. The molecule has 0 radical (unpaired) electrons. The van der Waals surface area contributed by atoms with Crippen molar-refractivity contribution in [2.75, 3.05) is 6.61 Å². The van der Waals surface area contributed by atoms with Crippen LogP contribution < -0.4 is 10.5 Å². The molecular weight excluding hydrogens is 198 g/mol. The highest BCUT2D eigenvalue weighted by Gasteiger charge is 2.49. The van der Waals surface area contributed by atoms with Gasteiger partial charge in [-0.1, -0.05) is 32.0 Å². The van der Waals surface area contributed by atoms with Crippen molar-refractivity contribution in [2.45, 2.75) is 33.2 Å². The van der Waals surface area contributed by atoms with E-state index in [1.165, 1.54) is 6.42 Å². The van der Waals surface area contributed by atoms with Gasteiger partial charge in [0.05, 0.1) is 6.61 Å². The second kappa shape index (κ2) is 4.10. The lowest BCUT2D eigenvalue weighted by Crippen LogP contribution is -2.16. The highest BCUT2D eigenvalue weighted by Crippen LogP contribution is 2.57. The van der Waals surface area contributed by atoms with Gasteiger partial charge >= 0.3 is 0 Å². The highest BCUT2D eigenvalue weighted by atomic mass is 16.5. The molecule has 16 heavy (non-hydrogen) atoms. The molecule has 0 amide bonds. The first-order chi connectivity index (χ1) is 7.56. The van der Waals surface area contributed by atoms with Gasteiger partial charge in [-0.2, -0.15) is 0 Å². The summed E-state index contributed by atoms with van der Waals surface area (Å²) in [5.41, 5.74) is 7.88. The first kappa shape index (κ1) is 11.5. The summed E-state index contributed by atoms with van der Waals surface area (Å²) in [6.07, 6.45) is 1.22. The van der Waals surface area contributed by atoms with Crippen LogP contribution >= 0.6 is 0 Å². The van der Waals surface area contributed by atoms with Crippen LogP contribution in [0.25, 0.3) is 0 Å². The molecule has 1 saturated carbocycles. The Morgan fingerprint density at radius 1 is 1.44 bits per heavy atom. The smallest absolute Gasteiger partial charge is 0.124 e. The Hall–Kier alpha value is -1.02. The summed E-state index contributed by atoms with van der Waals surface area (Å²) in [5, 5.41) is 0. The van der Waals surface area contributed by atoms with Gasteiger partial charge in [-0.05, 0) is 30.7 Å². The van der Waals surface area contributed by atoms with Crippen LogP contribution in [0.3, 0.4) is 0 Å². The Morgan fingerprint density at radius 3 is 2.62 bits per heavy atom. The number of rotatable bonds is 4. The van der Waals surface area contributed by atoms with Gasteiger partial charge in [0.15, 0.2) is 0 Å². The fourth-order valence-electron chi connectivity index (χ4n) is 2.38. The Kier molecular flexibility index (Phi) is 2.94. The van der Waals surface area contributed by atoms with Crippen molar-refractivity contribution in [3.8, 4) is 5.75 Å². The van der Waals surface area contributed by atoms with Gasteiger partial charge in [0.1, 0.15) is 5.75 Å². The van der Waals surface area contributed by atoms with Crippen LogP contribution in [0.15, 0.2) is 24.3 Å². The minimum Gasteiger partial charge on any atom is -0.494 e. The Labute approximate surface area is 97.8 Å². The van der Waals surface area contributed by atoms with E-state index < -0.39 is 0 Å². The molecule has 1 aromatic rings. The van der Waals surface area contributed by atoms with Crippen LogP contribution in [0, 0.1) is 11.3 Å². The van der Waals surface area contributed by atoms with E-state index in [0.717, 1.165) is 11.3 Å². The van der Waals surface area contributed by atoms with E-state index in [4.69, 9.17) is 10.5 Å². The maximum absolute atomic E-state index is 6.33. The molecule has 0 aromatic heterocycles. The standard InChI is InChI=1S/C14H21NO/c1-4-16-12-8-6-5-7-10(12)13(15)11-9-14(11,2)3/h5-8,11,13H,4,9,15H2,1-3H3. The summed E-state index contributed by atoms with van der Waals surface area (Å²) >= 11 is 0. The molecule has 2 nitrogen and oxygen atoms in total. The summed E-state index contributed by atoms with van der Waals surface area (Å²) in [4.78, 5) is 0. The number of hydrogen-bond acceptors (Lipinski definition) is 2.